The van der Waals surface area contributed by atoms with Gasteiger partial charge in [-0.25, -0.2) is 0 Å². The monoisotopic (exact) mass is 604 g/mol. The van der Waals surface area contributed by atoms with Crippen LogP contribution in [0.5, 0.6) is 5.75 Å². The SMILES string of the molecule is C[C@H]1c2cccc(O)c2C(O)=C2C(=O)[C@]3(O)C(O)=C(C(N)=O)C(=O)[C@@H](N(C)C)[C@@H]3[C@@H](CC(=O)C34CC5CC(CC(C5)C3)C4)[C@@H]21. The summed E-state index contributed by atoms with van der Waals surface area (Å²) in [6, 6.07) is 3.50. The highest BCUT2D eigenvalue weighted by atomic mass is 16.3. The fourth-order valence-corrected chi connectivity index (χ4v) is 10.9. The first-order valence-corrected chi connectivity index (χ1v) is 15.7. The van der Waals surface area contributed by atoms with Gasteiger partial charge in [-0.05, 0) is 93.8 Å². The van der Waals surface area contributed by atoms with Crippen molar-refractivity contribution in [1.82, 2.24) is 4.90 Å². The molecule has 10 nitrogen and oxygen atoms in total. The van der Waals surface area contributed by atoms with Crippen molar-refractivity contribution in [2.24, 2.45) is 46.7 Å². The number of carbonyl (C=O) groups is 4. The highest BCUT2D eigenvalue weighted by molar-refractivity contribution is 6.24. The number of hydrogen-bond acceptors (Lipinski definition) is 9. The lowest BCUT2D eigenvalue weighted by atomic mass is 9.46. The quantitative estimate of drug-likeness (QED) is 0.316. The van der Waals surface area contributed by atoms with Crippen LogP contribution in [0.15, 0.2) is 35.1 Å². The van der Waals surface area contributed by atoms with Crippen molar-refractivity contribution in [2.45, 2.75) is 69.4 Å². The normalized spacial score (nSPS) is 40.7. The second-order valence-corrected chi connectivity index (χ2v) is 14.8. The van der Waals surface area contributed by atoms with E-state index < -0.39 is 75.3 Å². The fourth-order valence-electron chi connectivity index (χ4n) is 10.9. The van der Waals surface area contributed by atoms with Crippen LogP contribution in [-0.2, 0) is 19.2 Å². The number of benzene rings is 1. The Hall–Kier alpha value is -3.50. The van der Waals surface area contributed by atoms with Crippen LogP contribution in [0.3, 0.4) is 0 Å². The number of likely N-dealkylation sites (N-methyl/N-ethyl adjacent to an activating group) is 1. The summed E-state index contributed by atoms with van der Waals surface area (Å²) in [5.74, 6) is -7.16. The maximum absolute atomic E-state index is 14.7. The van der Waals surface area contributed by atoms with Gasteiger partial charge in [-0.3, -0.25) is 24.1 Å². The third-order valence-electron chi connectivity index (χ3n) is 12.2. The molecule has 0 saturated heterocycles. The number of nitrogens with two attached hydrogens (primary N) is 1. The van der Waals surface area contributed by atoms with E-state index in [9.17, 15) is 39.6 Å². The first-order valence-electron chi connectivity index (χ1n) is 15.7. The number of hydrogen-bond donors (Lipinski definition) is 5. The number of phenols is 1. The van der Waals surface area contributed by atoms with E-state index in [0.29, 0.717) is 23.3 Å². The van der Waals surface area contributed by atoms with E-state index in [0.717, 1.165) is 38.5 Å². The van der Waals surface area contributed by atoms with Gasteiger partial charge in [-0.1, -0.05) is 19.1 Å². The molecule has 1 aromatic rings. The zero-order chi connectivity index (χ0) is 31.6. The number of ketones is 3. The van der Waals surface area contributed by atoms with Crippen LogP contribution in [0.25, 0.3) is 5.76 Å². The molecule has 0 unspecified atom stereocenters. The summed E-state index contributed by atoms with van der Waals surface area (Å²) in [7, 11) is 3.15. The zero-order valence-electron chi connectivity index (χ0n) is 25.2. The third-order valence-corrected chi connectivity index (χ3v) is 12.2. The Balaban J connectivity index is 1.45. The summed E-state index contributed by atoms with van der Waals surface area (Å²) in [5, 5.41) is 46.2. The lowest BCUT2D eigenvalue weighted by Gasteiger charge is -2.58. The van der Waals surface area contributed by atoms with Gasteiger partial charge in [-0.2, -0.15) is 0 Å². The summed E-state index contributed by atoms with van der Waals surface area (Å²) in [6.45, 7) is 1.84. The largest absolute Gasteiger partial charge is 0.508 e. The van der Waals surface area contributed by atoms with E-state index in [2.05, 4.69) is 0 Å². The van der Waals surface area contributed by atoms with Crippen LogP contribution >= 0.6 is 0 Å². The van der Waals surface area contributed by atoms with E-state index in [1.807, 2.05) is 6.92 Å². The summed E-state index contributed by atoms with van der Waals surface area (Å²) < 4.78 is 0. The van der Waals surface area contributed by atoms with Gasteiger partial charge in [0.1, 0.15) is 28.6 Å². The lowest BCUT2D eigenvalue weighted by molar-refractivity contribution is -0.165. The molecule has 44 heavy (non-hydrogen) atoms. The summed E-state index contributed by atoms with van der Waals surface area (Å²) in [4.78, 5) is 57.0. The van der Waals surface area contributed by atoms with Gasteiger partial charge >= 0.3 is 0 Å². The number of carbonyl (C=O) groups excluding carboxylic acids is 4. The number of phenolic OH excluding ortho intramolecular Hbond substituents is 1. The fraction of sp³-hybridized carbons (Fsp3) is 0.588. The number of fused-ring (bicyclic) bond motifs is 3. The van der Waals surface area contributed by atoms with Gasteiger partial charge in [0.25, 0.3) is 5.91 Å². The van der Waals surface area contributed by atoms with E-state index in [-0.39, 0.29) is 29.1 Å². The molecule has 1 amide bonds. The molecule has 8 rings (SSSR count). The highest BCUT2D eigenvalue weighted by Gasteiger charge is 2.69. The Bertz CT molecular complexity index is 1550. The smallest absolute Gasteiger partial charge is 0.255 e. The predicted octanol–water partition coefficient (Wildman–Crippen LogP) is 2.93. The molecular formula is C34H40N2O8. The number of amides is 1. The van der Waals surface area contributed by atoms with Gasteiger partial charge < -0.3 is 26.2 Å². The Morgan fingerprint density at radius 1 is 1.00 bits per heavy atom. The van der Waals surface area contributed by atoms with Gasteiger partial charge in [0, 0.05) is 29.2 Å². The molecule has 0 heterocycles. The topological polar surface area (TPSA) is 178 Å². The second-order valence-electron chi connectivity index (χ2n) is 14.8. The molecule has 0 radical (unpaired) electrons. The molecule has 0 spiro atoms. The van der Waals surface area contributed by atoms with Gasteiger partial charge in [-0.15, -0.1) is 0 Å². The standard InChI is InChI=1S/C34H40N2O8/c1-14-18-5-4-6-20(37)23(18)28(39)24-22(14)19(10-21(38)33-11-15-7-16(12-33)9-17(8-15)13-33)26-27(36(2)3)29(40)25(32(35)43)31(42)34(26,44)30(24)41/h4-6,14-17,19,22,26-27,37,39,42,44H,7-13H2,1-3H3,(H2,35,43)/t14-,15?,16?,17?,19-,22-,26-,27-,33?,34-/m0/s1. The van der Waals surface area contributed by atoms with Crippen LogP contribution in [0.1, 0.15) is 68.9 Å². The minimum atomic E-state index is -2.82. The van der Waals surface area contributed by atoms with Crippen molar-refractivity contribution in [3.05, 3.63) is 46.2 Å². The summed E-state index contributed by atoms with van der Waals surface area (Å²) in [6.07, 6.45) is 5.74. The Morgan fingerprint density at radius 3 is 2.14 bits per heavy atom. The van der Waals surface area contributed by atoms with Crippen LogP contribution in [0, 0.1) is 40.9 Å². The average Bonchev–Trinajstić information content (AvgIpc) is 2.93. The molecule has 6 atom stereocenters. The van der Waals surface area contributed by atoms with Crippen LogP contribution in [-0.4, -0.2) is 74.3 Å². The van der Waals surface area contributed by atoms with E-state index in [4.69, 9.17) is 5.73 Å². The number of aromatic hydroxyl groups is 1. The average molecular weight is 605 g/mol. The molecule has 234 valence electrons. The first-order chi connectivity index (χ1) is 20.7. The van der Waals surface area contributed by atoms with E-state index in [1.54, 1.807) is 26.2 Å². The maximum atomic E-state index is 14.7. The van der Waals surface area contributed by atoms with Crippen LogP contribution < -0.4 is 5.73 Å². The summed E-state index contributed by atoms with van der Waals surface area (Å²) in [5.41, 5.74) is 1.71. The molecule has 10 heteroatoms. The number of aliphatic hydroxyl groups excluding tert-OH is 2. The molecule has 0 aliphatic heterocycles. The molecule has 5 fully saturated rings. The molecule has 5 saturated carbocycles. The zero-order valence-corrected chi connectivity index (χ0v) is 25.2. The van der Waals surface area contributed by atoms with Gasteiger partial charge in [0.2, 0.25) is 5.78 Å². The molecule has 6 N–H and O–H groups in total. The molecule has 4 bridgehead atoms. The van der Waals surface area contributed by atoms with Crippen molar-refractivity contribution in [3.63, 3.8) is 0 Å². The molecular weight excluding hydrogens is 564 g/mol. The minimum absolute atomic E-state index is 0.0279. The Kier molecular flexibility index (Phi) is 6.31. The van der Waals surface area contributed by atoms with Crippen LogP contribution in [0.4, 0.5) is 0 Å². The van der Waals surface area contributed by atoms with Crippen molar-refractivity contribution in [2.75, 3.05) is 14.1 Å². The lowest BCUT2D eigenvalue weighted by Crippen LogP contribution is -2.69. The van der Waals surface area contributed by atoms with Crippen LogP contribution in [0.2, 0.25) is 0 Å². The Labute approximate surface area is 255 Å². The first kappa shape index (κ1) is 29.2. The number of primary amides is 1. The van der Waals surface area contributed by atoms with Gasteiger partial charge in [0.15, 0.2) is 11.4 Å². The van der Waals surface area contributed by atoms with Gasteiger partial charge in [0.05, 0.1) is 11.6 Å². The van der Waals surface area contributed by atoms with Crippen molar-refractivity contribution in [3.8, 4) is 5.75 Å². The molecule has 7 aliphatic carbocycles. The second kappa shape index (κ2) is 9.50. The van der Waals surface area contributed by atoms with Crippen molar-refractivity contribution < 1.29 is 39.6 Å². The molecule has 0 aromatic heterocycles. The summed E-state index contributed by atoms with van der Waals surface area (Å²) >= 11 is 0. The Morgan fingerprint density at radius 2 is 1.59 bits per heavy atom. The maximum Gasteiger partial charge on any atom is 0.255 e. The highest BCUT2D eigenvalue weighted by Crippen LogP contribution is 2.63. The van der Waals surface area contributed by atoms with Crippen molar-refractivity contribution in [1.29, 1.82) is 0 Å². The molecule has 1 aromatic carbocycles. The number of rotatable bonds is 5. The number of aliphatic hydroxyl groups is 3. The number of nitrogens with zero attached hydrogens (tertiary/aromatic N) is 1. The predicted molar refractivity (Wildman–Crippen MR) is 158 cm³/mol. The van der Waals surface area contributed by atoms with E-state index in [1.165, 1.54) is 11.0 Å². The van der Waals surface area contributed by atoms with Crippen molar-refractivity contribution >= 4 is 29.0 Å². The van der Waals surface area contributed by atoms with E-state index >= 15 is 0 Å². The minimum Gasteiger partial charge on any atom is -0.508 e. The number of Topliss-reactive ketones (excluding diaryl/α,β-unsaturated/α-hetero) is 3. The third kappa shape index (κ3) is 3.67. The molecule has 7 aliphatic rings.